The van der Waals surface area contributed by atoms with Gasteiger partial charge in [0.05, 0.1) is 0 Å². The van der Waals surface area contributed by atoms with Crippen LogP contribution >= 0.6 is 0 Å². The minimum absolute atomic E-state index is 0.00731. The molecule has 0 unspecified atom stereocenters. The maximum absolute atomic E-state index is 13.9. The van der Waals surface area contributed by atoms with Crippen molar-refractivity contribution in [1.82, 2.24) is 0 Å². The molecule has 1 aliphatic carbocycles. The first-order valence-corrected chi connectivity index (χ1v) is 9.28. The summed E-state index contributed by atoms with van der Waals surface area (Å²) in [4.78, 5) is 0. The Labute approximate surface area is 149 Å². The summed E-state index contributed by atoms with van der Waals surface area (Å²) in [6.45, 7) is 1.20. The van der Waals surface area contributed by atoms with Crippen molar-refractivity contribution in [3.05, 3.63) is 65.0 Å². The van der Waals surface area contributed by atoms with Gasteiger partial charge in [-0.2, -0.15) is 0 Å². The summed E-state index contributed by atoms with van der Waals surface area (Å²) >= 11 is 0. The zero-order valence-electron chi connectivity index (χ0n) is 14.8. The van der Waals surface area contributed by atoms with Crippen LogP contribution in [-0.2, 0) is 6.42 Å². The van der Waals surface area contributed by atoms with Crippen LogP contribution in [0.1, 0.15) is 67.6 Å². The predicted molar refractivity (Wildman–Crippen MR) is 97.4 cm³/mol. The highest BCUT2D eigenvalue weighted by atomic mass is 19.1. The molecule has 0 amide bonds. The molecule has 3 rings (SSSR count). The highest BCUT2D eigenvalue weighted by Crippen LogP contribution is 2.41. The first kappa shape index (κ1) is 17.9. The van der Waals surface area contributed by atoms with Crippen molar-refractivity contribution in [2.45, 2.75) is 57.3 Å². The number of aryl methyl sites for hydroxylation is 1. The van der Waals surface area contributed by atoms with Crippen LogP contribution in [0.3, 0.4) is 0 Å². The molecule has 0 spiro atoms. The van der Waals surface area contributed by atoms with Gasteiger partial charge in [0.25, 0.3) is 0 Å². The lowest BCUT2D eigenvalue weighted by atomic mass is 9.76. The number of benzene rings is 2. The molecule has 0 saturated heterocycles. The van der Waals surface area contributed by atoms with Crippen LogP contribution in [0.4, 0.5) is 8.78 Å². The van der Waals surface area contributed by atoms with E-state index in [-0.39, 0.29) is 5.75 Å². The summed E-state index contributed by atoms with van der Waals surface area (Å²) in [6, 6.07) is 14.0. The Bertz CT molecular complexity index is 673. The smallest absolute Gasteiger partial charge is 0.228 e. The van der Waals surface area contributed by atoms with Gasteiger partial charge in [-0.3, -0.25) is 0 Å². The largest absolute Gasteiger partial charge is 0.460 e. The lowest BCUT2D eigenvalue weighted by molar-refractivity contribution is 0.184. The fourth-order valence-electron chi connectivity index (χ4n) is 3.95. The number of rotatable bonds is 6. The summed E-state index contributed by atoms with van der Waals surface area (Å²) in [5.74, 6) is 0.506. The highest BCUT2D eigenvalue weighted by molar-refractivity contribution is 5.32. The van der Waals surface area contributed by atoms with Crippen LogP contribution in [0.25, 0.3) is 0 Å². The zero-order chi connectivity index (χ0) is 17.6. The molecule has 0 atom stereocenters. The third-order valence-electron chi connectivity index (χ3n) is 5.35. The first-order valence-electron chi connectivity index (χ1n) is 9.28. The van der Waals surface area contributed by atoms with Crippen LogP contribution in [0.5, 0.6) is 5.75 Å². The van der Waals surface area contributed by atoms with Crippen molar-refractivity contribution in [2.24, 2.45) is 0 Å². The van der Waals surface area contributed by atoms with E-state index in [0.717, 1.165) is 37.7 Å². The van der Waals surface area contributed by atoms with E-state index in [1.165, 1.54) is 23.6 Å². The van der Waals surface area contributed by atoms with Gasteiger partial charge >= 0.3 is 0 Å². The molecule has 0 heterocycles. The van der Waals surface area contributed by atoms with Crippen molar-refractivity contribution >= 4 is 0 Å². The molecule has 1 saturated carbocycles. The van der Waals surface area contributed by atoms with E-state index < -0.39 is 12.7 Å². The van der Waals surface area contributed by atoms with E-state index in [1.807, 2.05) is 6.07 Å². The minimum atomic E-state index is -1.00. The molecule has 0 bridgehead atoms. The summed E-state index contributed by atoms with van der Waals surface area (Å²) in [6.07, 6.45) is 6.69. The van der Waals surface area contributed by atoms with E-state index in [9.17, 15) is 8.78 Å². The average Bonchev–Trinajstić information content (AvgIpc) is 2.65. The molecule has 134 valence electrons. The van der Waals surface area contributed by atoms with E-state index in [4.69, 9.17) is 0 Å². The number of hydrogen-bond donors (Lipinski definition) is 0. The highest BCUT2D eigenvalue weighted by Gasteiger charge is 2.24. The third-order valence-corrected chi connectivity index (χ3v) is 5.35. The van der Waals surface area contributed by atoms with Crippen LogP contribution in [0.2, 0.25) is 0 Å². The summed E-state index contributed by atoms with van der Waals surface area (Å²) in [7, 11) is 0. The van der Waals surface area contributed by atoms with Gasteiger partial charge in [0.1, 0.15) is 0 Å². The lowest BCUT2D eigenvalue weighted by Crippen LogP contribution is -2.12. The SMILES string of the molecule is CCCc1ccc(C2CCC(c3ccc(OCF)c(F)c3)CC2)cc1. The van der Waals surface area contributed by atoms with Crippen molar-refractivity contribution in [2.75, 3.05) is 6.86 Å². The quantitative estimate of drug-likeness (QED) is 0.579. The molecule has 0 N–H and O–H groups in total. The number of hydrogen-bond acceptors (Lipinski definition) is 1. The van der Waals surface area contributed by atoms with Crippen LogP contribution < -0.4 is 4.74 Å². The Balaban J connectivity index is 1.60. The number of halogens is 2. The molecular weight excluding hydrogens is 318 g/mol. The molecule has 2 aromatic rings. The molecule has 0 radical (unpaired) electrons. The Hall–Kier alpha value is -1.90. The first-order chi connectivity index (χ1) is 12.2. The molecular formula is C22H26F2O. The zero-order valence-corrected chi connectivity index (χ0v) is 14.8. The normalized spacial score (nSPS) is 20.4. The number of alkyl halides is 1. The monoisotopic (exact) mass is 344 g/mol. The predicted octanol–water partition coefficient (Wildman–Crippen LogP) is 6.53. The molecule has 1 fully saturated rings. The summed E-state index contributed by atoms with van der Waals surface area (Å²) in [5.41, 5.74) is 3.84. The molecule has 25 heavy (non-hydrogen) atoms. The summed E-state index contributed by atoms with van der Waals surface area (Å²) < 4.78 is 30.8. The van der Waals surface area contributed by atoms with Crippen LogP contribution in [-0.4, -0.2) is 6.86 Å². The Kier molecular flexibility index (Phi) is 6.06. The maximum Gasteiger partial charge on any atom is 0.228 e. The second-order valence-electron chi connectivity index (χ2n) is 6.98. The van der Waals surface area contributed by atoms with Crippen molar-refractivity contribution in [1.29, 1.82) is 0 Å². The van der Waals surface area contributed by atoms with Crippen molar-refractivity contribution in [3.63, 3.8) is 0 Å². The lowest BCUT2D eigenvalue weighted by Gasteiger charge is -2.29. The molecule has 1 aliphatic rings. The standard InChI is InChI=1S/C22H26F2O/c1-2-3-16-4-6-17(7-5-16)18-8-10-19(11-9-18)20-12-13-22(25-15-23)21(24)14-20/h4-7,12-14,18-19H,2-3,8-11,15H2,1H3. The fourth-order valence-corrected chi connectivity index (χ4v) is 3.95. The fraction of sp³-hybridized carbons (Fsp3) is 0.455. The van der Waals surface area contributed by atoms with Crippen molar-refractivity contribution in [3.8, 4) is 5.75 Å². The Morgan fingerprint density at radius 2 is 1.52 bits per heavy atom. The second-order valence-corrected chi connectivity index (χ2v) is 6.98. The van der Waals surface area contributed by atoms with Gasteiger partial charge < -0.3 is 4.74 Å². The Morgan fingerprint density at radius 3 is 2.08 bits per heavy atom. The molecule has 0 aromatic heterocycles. The number of ether oxygens (including phenoxy) is 1. The van der Waals surface area contributed by atoms with Gasteiger partial charge in [-0.15, -0.1) is 0 Å². The van der Waals surface area contributed by atoms with Gasteiger partial charge in [0, 0.05) is 0 Å². The minimum Gasteiger partial charge on any atom is -0.460 e. The topological polar surface area (TPSA) is 9.23 Å². The van der Waals surface area contributed by atoms with E-state index in [0.29, 0.717) is 11.8 Å². The van der Waals surface area contributed by atoms with Crippen molar-refractivity contribution < 1.29 is 13.5 Å². The molecule has 3 heteroatoms. The van der Waals surface area contributed by atoms with Gasteiger partial charge in [-0.1, -0.05) is 43.7 Å². The van der Waals surface area contributed by atoms with Gasteiger partial charge in [0.2, 0.25) is 6.86 Å². The Morgan fingerprint density at radius 1 is 0.920 bits per heavy atom. The average molecular weight is 344 g/mol. The maximum atomic E-state index is 13.9. The van der Waals surface area contributed by atoms with E-state index >= 15 is 0 Å². The van der Waals surface area contributed by atoms with E-state index in [1.54, 1.807) is 6.07 Å². The molecule has 1 nitrogen and oxygen atoms in total. The van der Waals surface area contributed by atoms with Crippen LogP contribution in [0.15, 0.2) is 42.5 Å². The van der Waals surface area contributed by atoms with Crippen LogP contribution in [0, 0.1) is 5.82 Å². The third kappa shape index (κ3) is 4.39. The van der Waals surface area contributed by atoms with Gasteiger partial charge in [-0.05, 0) is 72.8 Å². The van der Waals surface area contributed by atoms with Gasteiger partial charge in [0.15, 0.2) is 11.6 Å². The van der Waals surface area contributed by atoms with E-state index in [2.05, 4.69) is 35.9 Å². The molecule has 0 aliphatic heterocycles. The molecule has 2 aromatic carbocycles. The summed E-state index contributed by atoms with van der Waals surface area (Å²) in [5, 5.41) is 0. The van der Waals surface area contributed by atoms with Gasteiger partial charge in [-0.25, -0.2) is 8.78 Å². The second kappa shape index (κ2) is 8.46.